The summed E-state index contributed by atoms with van der Waals surface area (Å²) < 4.78 is 28.1. The highest BCUT2D eigenvalue weighted by molar-refractivity contribution is 6.74. The van der Waals surface area contributed by atoms with Crippen molar-refractivity contribution in [2.24, 2.45) is 5.92 Å². The largest absolute Gasteiger partial charge is 0.411 e. The summed E-state index contributed by atoms with van der Waals surface area (Å²) in [4.78, 5) is 38.5. The number of nitrogens with zero attached hydrogens (tertiary/aromatic N) is 2. The molecule has 10 heteroatoms. The average molecular weight is 479 g/mol. The minimum absolute atomic E-state index is 0.163. The predicted octanol–water partition coefficient (Wildman–Crippen LogP) is 2.56. The number of ether oxygens (including phenoxy) is 1. The predicted molar refractivity (Wildman–Crippen MR) is 124 cm³/mol. The van der Waals surface area contributed by atoms with Gasteiger partial charge in [0.2, 0.25) is 0 Å². The minimum atomic E-state index is -2.37. The van der Waals surface area contributed by atoms with Gasteiger partial charge in [0.15, 0.2) is 8.32 Å². The van der Waals surface area contributed by atoms with Gasteiger partial charge in [-0.15, -0.1) is 0 Å². The van der Waals surface area contributed by atoms with E-state index < -0.39 is 63.1 Å². The number of hydrogen-bond donors (Lipinski definition) is 1. The zero-order chi connectivity index (χ0) is 24.6. The number of alkyl halides is 1. The van der Waals surface area contributed by atoms with Crippen LogP contribution in [-0.2, 0) is 9.16 Å². The summed E-state index contributed by atoms with van der Waals surface area (Å²) >= 11 is 0. The second-order valence-corrected chi connectivity index (χ2v) is 14.5. The van der Waals surface area contributed by atoms with Gasteiger partial charge in [0.25, 0.3) is 11.5 Å². The normalized spacial score (nSPS) is 23.6. The van der Waals surface area contributed by atoms with E-state index in [-0.39, 0.29) is 10.6 Å². The van der Waals surface area contributed by atoms with Crippen LogP contribution in [0.25, 0.3) is 0 Å². The summed E-state index contributed by atoms with van der Waals surface area (Å²) in [6.45, 7) is 8.84. The summed E-state index contributed by atoms with van der Waals surface area (Å²) in [5, 5.41) is 9.74. The molecule has 4 atom stereocenters. The molecule has 1 saturated heterocycles. The number of aliphatic hydroxyl groups is 1. The maximum atomic E-state index is 14.3. The summed E-state index contributed by atoms with van der Waals surface area (Å²) in [6, 6.07) is 9.00. The molecule has 0 unspecified atom stereocenters. The molecule has 0 saturated carbocycles. The highest BCUT2D eigenvalue weighted by atomic mass is 28.4. The molecule has 1 aromatic carbocycles. The molecule has 0 spiro atoms. The first kappa shape index (κ1) is 25.2. The van der Waals surface area contributed by atoms with Crippen LogP contribution < -0.4 is 11.2 Å². The molecule has 0 amide bonds. The van der Waals surface area contributed by atoms with E-state index in [1.165, 1.54) is 18.3 Å². The third kappa shape index (κ3) is 4.79. The van der Waals surface area contributed by atoms with Crippen LogP contribution in [0.3, 0.4) is 0 Å². The Morgan fingerprint density at radius 2 is 1.82 bits per heavy atom. The molecule has 2 heterocycles. The fourth-order valence-electron chi connectivity index (χ4n) is 3.64. The second kappa shape index (κ2) is 9.45. The minimum Gasteiger partial charge on any atom is -0.411 e. The monoisotopic (exact) mass is 478 g/mol. The van der Waals surface area contributed by atoms with Gasteiger partial charge in [0, 0.05) is 17.8 Å². The van der Waals surface area contributed by atoms with Crippen molar-refractivity contribution in [3.8, 4) is 0 Å². The van der Waals surface area contributed by atoms with Crippen LogP contribution in [0.5, 0.6) is 0 Å². The molecule has 1 aromatic heterocycles. The van der Waals surface area contributed by atoms with Crippen molar-refractivity contribution in [1.29, 1.82) is 0 Å². The van der Waals surface area contributed by atoms with Crippen molar-refractivity contribution in [2.75, 3.05) is 13.3 Å². The van der Waals surface area contributed by atoms with Gasteiger partial charge in [-0.3, -0.25) is 18.5 Å². The fourth-order valence-corrected chi connectivity index (χ4v) is 5.00. The first-order valence-corrected chi connectivity index (χ1v) is 13.8. The lowest BCUT2D eigenvalue weighted by Gasteiger charge is -2.40. The molecule has 1 N–H and O–H groups in total. The van der Waals surface area contributed by atoms with Crippen molar-refractivity contribution in [2.45, 2.75) is 57.3 Å². The van der Waals surface area contributed by atoms with Gasteiger partial charge in [-0.1, -0.05) is 39.0 Å². The van der Waals surface area contributed by atoms with Gasteiger partial charge >= 0.3 is 5.69 Å². The molecular weight excluding hydrogens is 447 g/mol. The number of hydrogen-bond acceptors (Lipinski definition) is 6. The standard InChI is InChI=1S/C23H31FN2O6Si/c1-23(2,3)33(4,5)32-19-16(13-24)21(31-17(19)14-27)25-12-11-18(28)26(22(25)30)20(29)15-9-7-6-8-10-15/h6-12,16-17,19,21,27H,13-14H2,1-5H3/t16-,17-,19+,21-/m1/s1. The van der Waals surface area contributed by atoms with Gasteiger partial charge in [0.05, 0.1) is 25.3 Å². The van der Waals surface area contributed by atoms with E-state index in [1.807, 2.05) is 33.9 Å². The third-order valence-electron chi connectivity index (χ3n) is 6.57. The van der Waals surface area contributed by atoms with Crippen LogP contribution in [0.1, 0.15) is 37.4 Å². The number of carbonyl (C=O) groups excluding carboxylic acids is 1. The summed E-state index contributed by atoms with van der Waals surface area (Å²) in [6.07, 6.45) is -1.61. The van der Waals surface area contributed by atoms with Crippen LogP contribution in [-0.4, -0.2) is 54.0 Å². The third-order valence-corrected chi connectivity index (χ3v) is 11.0. The van der Waals surface area contributed by atoms with E-state index >= 15 is 0 Å². The molecule has 33 heavy (non-hydrogen) atoms. The first-order chi connectivity index (χ1) is 15.4. The van der Waals surface area contributed by atoms with E-state index in [2.05, 4.69) is 0 Å². The van der Waals surface area contributed by atoms with Crippen molar-refractivity contribution < 1.29 is 23.5 Å². The molecule has 1 fully saturated rings. The summed E-state index contributed by atoms with van der Waals surface area (Å²) in [7, 11) is -2.37. The Morgan fingerprint density at radius 1 is 1.18 bits per heavy atom. The molecule has 0 bridgehead atoms. The summed E-state index contributed by atoms with van der Waals surface area (Å²) in [5.41, 5.74) is -1.58. The van der Waals surface area contributed by atoms with Crippen LogP contribution >= 0.6 is 0 Å². The molecule has 180 valence electrons. The molecule has 2 aromatic rings. The number of carbonyl (C=O) groups is 1. The van der Waals surface area contributed by atoms with Gasteiger partial charge in [-0.2, -0.15) is 4.57 Å². The maximum Gasteiger partial charge on any atom is 0.340 e. The molecule has 0 aliphatic carbocycles. The molecule has 1 aliphatic rings. The Bertz CT molecular complexity index is 1110. The topological polar surface area (TPSA) is 99.8 Å². The lowest BCUT2D eigenvalue weighted by atomic mass is 10.0. The Labute approximate surface area is 192 Å². The average Bonchev–Trinajstić information content (AvgIpc) is 3.10. The van der Waals surface area contributed by atoms with E-state index in [4.69, 9.17) is 9.16 Å². The maximum absolute atomic E-state index is 14.3. The Morgan fingerprint density at radius 3 is 2.36 bits per heavy atom. The Kier molecular flexibility index (Phi) is 7.23. The Balaban J connectivity index is 2.03. The van der Waals surface area contributed by atoms with E-state index in [0.29, 0.717) is 4.57 Å². The van der Waals surface area contributed by atoms with Crippen LogP contribution in [0.2, 0.25) is 18.1 Å². The Hall–Kier alpha value is -2.40. The smallest absolute Gasteiger partial charge is 0.340 e. The molecular formula is C23H31FN2O6Si. The molecule has 1 aliphatic heterocycles. The lowest BCUT2D eigenvalue weighted by Crippen LogP contribution is -2.49. The van der Waals surface area contributed by atoms with Gasteiger partial charge < -0.3 is 14.3 Å². The summed E-state index contributed by atoms with van der Waals surface area (Å²) in [5.74, 6) is -1.70. The highest BCUT2D eigenvalue weighted by Crippen LogP contribution is 2.43. The van der Waals surface area contributed by atoms with Gasteiger partial charge in [0.1, 0.15) is 12.3 Å². The zero-order valence-corrected chi connectivity index (χ0v) is 20.5. The fraction of sp³-hybridized carbons (Fsp3) is 0.522. The van der Waals surface area contributed by atoms with Crippen molar-refractivity contribution in [3.05, 3.63) is 69.0 Å². The number of benzene rings is 1. The highest BCUT2D eigenvalue weighted by Gasteiger charge is 2.50. The van der Waals surface area contributed by atoms with Crippen LogP contribution in [0, 0.1) is 5.92 Å². The molecule has 8 nitrogen and oxygen atoms in total. The van der Waals surface area contributed by atoms with Crippen molar-refractivity contribution in [3.63, 3.8) is 0 Å². The van der Waals surface area contributed by atoms with Crippen LogP contribution in [0.4, 0.5) is 4.39 Å². The van der Waals surface area contributed by atoms with E-state index in [0.717, 1.165) is 10.6 Å². The van der Waals surface area contributed by atoms with E-state index in [1.54, 1.807) is 18.2 Å². The van der Waals surface area contributed by atoms with Gasteiger partial charge in [-0.05, 0) is 30.3 Å². The van der Waals surface area contributed by atoms with Crippen LogP contribution in [0.15, 0.2) is 52.2 Å². The molecule has 0 radical (unpaired) electrons. The van der Waals surface area contributed by atoms with Crippen molar-refractivity contribution in [1.82, 2.24) is 9.13 Å². The molecule has 3 rings (SSSR count). The second-order valence-electron chi connectivity index (χ2n) is 9.76. The van der Waals surface area contributed by atoms with E-state index in [9.17, 15) is 23.9 Å². The number of rotatable bonds is 6. The lowest BCUT2D eigenvalue weighted by molar-refractivity contribution is -0.0476. The zero-order valence-electron chi connectivity index (χ0n) is 19.5. The number of aromatic nitrogens is 2. The number of aliphatic hydroxyl groups excluding tert-OH is 1. The van der Waals surface area contributed by atoms with Crippen molar-refractivity contribution >= 4 is 14.2 Å². The first-order valence-electron chi connectivity index (χ1n) is 10.9. The number of halogens is 1. The SMILES string of the molecule is CC(C)(C)[Si](C)(C)O[C@H]1[C@@H](CF)[C@H](n2ccc(=O)n(C(=O)c3ccccc3)c2=O)O[C@@H]1CO. The van der Waals surface area contributed by atoms with Gasteiger partial charge in [-0.25, -0.2) is 4.79 Å². The quantitative estimate of drug-likeness (QED) is 0.641.